The lowest BCUT2D eigenvalue weighted by molar-refractivity contribution is -0.122. The monoisotopic (exact) mass is 327 g/mol. The van der Waals surface area contributed by atoms with Crippen LogP contribution in [0, 0.1) is 5.92 Å². The summed E-state index contributed by atoms with van der Waals surface area (Å²) in [7, 11) is 0. The van der Waals surface area contributed by atoms with E-state index in [0.29, 0.717) is 24.3 Å². The molecule has 1 aromatic carbocycles. The molecule has 0 fully saturated rings. The highest BCUT2D eigenvalue weighted by molar-refractivity contribution is 5.95. The number of amides is 2. The molecule has 0 bridgehead atoms. The van der Waals surface area contributed by atoms with E-state index in [0.717, 1.165) is 5.56 Å². The molecule has 0 saturated heterocycles. The summed E-state index contributed by atoms with van der Waals surface area (Å²) < 4.78 is 5.63. The Bertz CT molecular complexity index is 670. The summed E-state index contributed by atoms with van der Waals surface area (Å²) >= 11 is 0. The number of hydrogen-bond donors (Lipinski definition) is 2. The molecule has 0 radical (unpaired) electrons. The first kappa shape index (κ1) is 17.5. The third-order valence-corrected chi connectivity index (χ3v) is 3.15. The van der Waals surface area contributed by atoms with Crippen molar-refractivity contribution in [2.75, 3.05) is 0 Å². The van der Waals surface area contributed by atoms with Crippen molar-refractivity contribution in [2.45, 2.75) is 26.9 Å². The number of benzene rings is 1. The standard InChI is InChI=1S/C18H21N3O3/c1-13(2)10-17(22)20-21-18(23)15-5-7-16(8-6-15)24-12-14-4-3-9-19-11-14/h3-9,11,13H,10,12H2,1-2H3,(H,20,22)(H,21,23). The molecule has 0 unspecified atom stereocenters. The largest absolute Gasteiger partial charge is 0.489 e. The van der Waals surface area contributed by atoms with Crippen molar-refractivity contribution in [3.8, 4) is 5.75 Å². The molecule has 0 aliphatic carbocycles. The molecule has 2 amide bonds. The zero-order valence-electron chi connectivity index (χ0n) is 13.8. The second kappa shape index (κ2) is 8.67. The van der Waals surface area contributed by atoms with Gasteiger partial charge < -0.3 is 4.74 Å². The van der Waals surface area contributed by atoms with Crippen LogP contribution in [0.4, 0.5) is 0 Å². The van der Waals surface area contributed by atoms with Crippen LogP contribution >= 0.6 is 0 Å². The predicted octanol–water partition coefficient (Wildman–Crippen LogP) is 2.47. The minimum Gasteiger partial charge on any atom is -0.489 e. The summed E-state index contributed by atoms with van der Waals surface area (Å²) in [5.74, 6) is 0.304. The van der Waals surface area contributed by atoms with Gasteiger partial charge in [-0.15, -0.1) is 0 Å². The highest BCUT2D eigenvalue weighted by Gasteiger charge is 2.08. The molecule has 126 valence electrons. The van der Waals surface area contributed by atoms with Crippen LogP contribution in [-0.4, -0.2) is 16.8 Å². The Balaban J connectivity index is 1.82. The number of hydrazine groups is 1. The highest BCUT2D eigenvalue weighted by atomic mass is 16.5. The minimum absolute atomic E-state index is 0.213. The van der Waals surface area contributed by atoms with E-state index in [9.17, 15) is 9.59 Å². The summed E-state index contributed by atoms with van der Waals surface area (Å²) in [4.78, 5) is 27.5. The van der Waals surface area contributed by atoms with Crippen molar-refractivity contribution in [1.82, 2.24) is 15.8 Å². The predicted molar refractivity (Wildman–Crippen MR) is 90.1 cm³/mol. The summed E-state index contributed by atoms with van der Waals surface area (Å²) in [6.07, 6.45) is 3.81. The Labute approximate surface area is 141 Å². The van der Waals surface area contributed by atoms with Crippen LogP contribution < -0.4 is 15.6 Å². The van der Waals surface area contributed by atoms with Gasteiger partial charge in [0.15, 0.2) is 0 Å². The van der Waals surface area contributed by atoms with Gasteiger partial charge in [0, 0.05) is 29.9 Å². The molecule has 6 nitrogen and oxygen atoms in total. The summed E-state index contributed by atoms with van der Waals surface area (Å²) in [5, 5.41) is 0. The van der Waals surface area contributed by atoms with E-state index in [1.165, 1.54) is 0 Å². The fourth-order valence-electron chi connectivity index (χ4n) is 1.97. The highest BCUT2D eigenvalue weighted by Crippen LogP contribution is 2.14. The van der Waals surface area contributed by atoms with Crippen LogP contribution in [0.15, 0.2) is 48.8 Å². The van der Waals surface area contributed by atoms with Crippen molar-refractivity contribution < 1.29 is 14.3 Å². The molecule has 6 heteroatoms. The lowest BCUT2D eigenvalue weighted by Gasteiger charge is -2.10. The van der Waals surface area contributed by atoms with Gasteiger partial charge in [0.05, 0.1) is 0 Å². The molecule has 0 saturated carbocycles. The Hall–Kier alpha value is -2.89. The van der Waals surface area contributed by atoms with Crippen molar-refractivity contribution in [3.05, 3.63) is 59.9 Å². The number of hydrogen-bond acceptors (Lipinski definition) is 4. The Kier molecular flexibility index (Phi) is 6.31. The van der Waals surface area contributed by atoms with E-state index in [1.54, 1.807) is 36.7 Å². The third-order valence-electron chi connectivity index (χ3n) is 3.15. The lowest BCUT2D eigenvalue weighted by atomic mass is 10.1. The molecule has 2 aromatic rings. The molecule has 24 heavy (non-hydrogen) atoms. The van der Waals surface area contributed by atoms with Crippen LogP contribution in [-0.2, 0) is 11.4 Å². The maximum Gasteiger partial charge on any atom is 0.269 e. The van der Waals surface area contributed by atoms with Crippen molar-refractivity contribution in [1.29, 1.82) is 0 Å². The fourth-order valence-corrected chi connectivity index (χ4v) is 1.97. The van der Waals surface area contributed by atoms with E-state index in [1.807, 2.05) is 26.0 Å². The first-order valence-electron chi connectivity index (χ1n) is 7.75. The van der Waals surface area contributed by atoms with E-state index >= 15 is 0 Å². The minimum atomic E-state index is -0.370. The molecular formula is C18H21N3O3. The molecule has 2 rings (SSSR count). The number of ether oxygens (including phenoxy) is 1. The Morgan fingerprint density at radius 3 is 2.50 bits per heavy atom. The molecule has 0 aliphatic heterocycles. The quantitative estimate of drug-likeness (QED) is 0.799. The van der Waals surface area contributed by atoms with Crippen LogP contribution in [0.2, 0.25) is 0 Å². The number of carbonyl (C=O) groups excluding carboxylic acids is 2. The molecule has 2 N–H and O–H groups in total. The van der Waals surface area contributed by atoms with E-state index < -0.39 is 0 Å². The molecular weight excluding hydrogens is 306 g/mol. The average Bonchev–Trinajstić information content (AvgIpc) is 2.58. The summed E-state index contributed by atoms with van der Waals surface area (Å²) in [6.45, 7) is 4.28. The van der Waals surface area contributed by atoms with Gasteiger partial charge in [0.2, 0.25) is 5.91 Å². The number of carbonyl (C=O) groups is 2. The molecule has 0 aliphatic rings. The van der Waals surface area contributed by atoms with Crippen LogP contribution in [0.3, 0.4) is 0 Å². The van der Waals surface area contributed by atoms with Crippen LogP contribution in [0.5, 0.6) is 5.75 Å². The zero-order chi connectivity index (χ0) is 17.4. The third kappa shape index (κ3) is 5.72. The van der Waals surface area contributed by atoms with Crippen LogP contribution in [0.1, 0.15) is 36.2 Å². The van der Waals surface area contributed by atoms with E-state index in [-0.39, 0.29) is 17.7 Å². The number of pyridine rings is 1. The Morgan fingerprint density at radius 1 is 1.12 bits per heavy atom. The van der Waals surface area contributed by atoms with Gasteiger partial charge in [0.25, 0.3) is 5.91 Å². The molecule has 0 atom stereocenters. The van der Waals surface area contributed by atoms with E-state index in [4.69, 9.17) is 4.74 Å². The second-order valence-corrected chi connectivity index (χ2v) is 5.77. The van der Waals surface area contributed by atoms with Gasteiger partial charge in [-0.3, -0.25) is 25.4 Å². The van der Waals surface area contributed by atoms with Crippen molar-refractivity contribution in [3.63, 3.8) is 0 Å². The number of aromatic nitrogens is 1. The molecule has 0 spiro atoms. The normalized spacial score (nSPS) is 10.3. The topological polar surface area (TPSA) is 80.3 Å². The van der Waals surface area contributed by atoms with Gasteiger partial charge in [-0.25, -0.2) is 0 Å². The second-order valence-electron chi connectivity index (χ2n) is 5.77. The maximum atomic E-state index is 12.0. The first-order chi connectivity index (χ1) is 11.5. The smallest absolute Gasteiger partial charge is 0.269 e. The van der Waals surface area contributed by atoms with Crippen molar-refractivity contribution >= 4 is 11.8 Å². The Morgan fingerprint density at radius 2 is 1.88 bits per heavy atom. The van der Waals surface area contributed by atoms with Gasteiger partial charge >= 0.3 is 0 Å². The van der Waals surface area contributed by atoms with Gasteiger partial charge in [-0.2, -0.15) is 0 Å². The van der Waals surface area contributed by atoms with Crippen LogP contribution in [0.25, 0.3) is 0 Å². The molecule has 1 heterocycles. The van der Waals surface area contributed by atoms with Crippen molar-refractivity contribution in [2.24, 2.45) is 5.92 Å². The zero-order valence-corrected chi connectivity index (χ0v) is 13.8. The average molecular weight is 327 g/mol. The lowest BCUT2D eigenvalue weighted by Crippen LogP contribution is -2.41. The van der Waals surface area contributed by atoms with Gasteiger partial charge in [-0.1, -0.05) is 19.9 Å². The summed E-state index contributed by atoms with van der Waals surface area (Å²) in [6, 6.07) is 10.5. The number of rotatable bonds is 6. The first-order valence-corrected chi connectivity index (χ1v) is 7.75. The van der Waals surface area contributed by atoms with Gasteiger partial charge in [0.1, 0.15) is 12.4 Å². The number of nitrogens with one attached hydrogen (secondary N) is 2. The van der Waals surface area contributed by atoms with Gasteiger partial charge in [-0.05, 0) is 36.2 Å². The fraction of sp³-hybridized carbons (Fsp3) is 0.278. The SMILES string of the molecule is CC(C)CC(=O)NNC(=O)c1ccc(OCc2cccnc2)cc1. The summed E-state index contributed by atoms with van der Waals surface area (Å²) in [5.41, 5.74) is 6.19. The maximum absolute atomic E-state index is 12.0. The number of nitrogens with zero attached hydrogens (tertiary/aromatic N) is 1. The van der Waals surface area contributed by atoms with E-state index in [2.05, 4.69) is 15.8 Å². The molecule has 1 aromatic heterocycles.